The lowest BCUT2D eigenvalue weighted by Gasteiger charge is -2.27. The van der Waals surface area contributed by atoms with Gasteiger partial charge in [0, 0.05) is 12.7 Å². The lowest BCUT2D eigenvalue weighted by atomic mass is 9.88. The number of benzene rings is 2. The smallest absolute Gasteiger partial charge is 0.194 e. The Bertz CT molecular complexity index is 1410. The molecule has 2 aromatic heterocycles. The molecular formula is C25H22F3N5O2. The first-order valence-electron chi connectivity index (χ1n) is 11.0. The van der Waals surface area contributed by atoms with Crippen molar-refractivity contribution in [3.63, 3.8) is 0 Å². The molecule has 0 saturated heterocycles. The summed E-state index contributed by atoms with van der Waals surface area (Å²) in [5.74, 6) is -3.62. The highest BCUT2D eigenvalue weighted by atomic mass is 19.2. The molecule has 35 heavy (non-hydrogen) atoms. The summed E-state index contributed by atoms with van der Waals surface area (Å²) in [6, 6.07) is 7.48. The molecule has 2 aromatic carbocycles. The maximum atomic E-state index is 13.8. The predicted octanol–water partition coefficient (Wildman–Crippen LogP) is 4.27. The number of aryl methyl sites for hydroxylation is 2. The number of ether oxygens (including phenoxy) is 1. The number of fused-ring (bicyclic) bond motifs is 1. The molecule has 0 saturated carbocycles. The summed E-state index contributed by atoms with van der Waals surface area (Å²) >= 11 is 0. The van der Waals surface area contributed by atoms with E-state index in [9.17, 15) is 18.3 Å². The van der Waals surface area contributed by atoms with Crippen molar-refractivity contribution in [3.8, 4) is 11.4 Å². The van der Waals surface area contributed by atoms with Crippen LogP contribution in [0.3, 0.4) is 0 Å². The van der Waals surface area contributed by atoms with Crippen molar-refractivity contribution in [2.75, 3.05) is 7.11 Å². The Hall–Kier alpha value is -3.92. The highest BCUT2D eigenvalue weighted by Gasteiger charge is 2.34. The lowest BCUT2D eigenvalue weighted by molar-refractivity contribution is 0.118. The standard InChI is InChI=1S/C25H22F3N5O2/c1-14-12-32(13-29-14)19-5-3-15(9-21(19)35-2)4-6-22-30-25-23(20(34)7-8-33(25)31-22)16-10-17(26)24(28)18(27)11-16/h3-6,9-13,20,23,34H,7-8H2,1-2H3/b6-4+/t20?,23-/m0/s1. The number of hydrogen-bond donors (Lipinski definition) is 1. The Labute approximate surface area is 199 Å². The normalized spacial score (nSPS) is 17.7. The first-order valence-corrected chi connectivity index (χ1v) is 11.0. The van der Waals surface area contributed by atoms with Crippen LogP contribution in [-0.4, -0.2) is 42.6 Å². The van der Waals surface area contributed by atoms with Crippen LogP contribution in [0.5, 0.6) is 5.75 Å². The van der Waals surface area contributed by atoms with Crippen molar-refractivity contribution in [2.45, 2.75) is 31.9 Å². The summed E-state index contributed by atoms with van der Waals surface area (Å²) in [5, 5.41) is 15.0. The zero-order valence-corrected chi connectivity index (χ0v) is 19.0. The Morgan fingerprint density at radius 2 is 1.89 bits per heavy atom. The quantitative estimate of drug-likeness (QED) is 0.431. The van der Waals surface area contributed by atoms with Crippen LogP contribution in [0.1, 0.15) is 40.8 Å². The largest absolute Gasteiger partial charge is 0.495 e. The zero-order valence-electron chi connectivity index (χ0n) is 19.0. The van der Waals surface area contributed by atoms with Crippen molar-refractivity contribution >= 4 is 12.2 Å². The third-order valence-corrected chi connectivity index (χ3v) is 6.00. The van der Waals surface area contributed by atoms with Crippen LogP contribution >= 0.6 is 0 Å². The van der Waals surface area contributed by atoms with E-state index < -0.39 is 29.5 Å². The van der Waals surface area contributed by atoms with E-state index in [1.807, 2.05) is 42.0 Å². The van der Waals surface area contributed by atoms with E-state index in [2.05, 4.69) is 15.1 Å². The summed E-state index contributed by atoms with van der Waals surface area (Å²) in [4.78, 5) is 8.73. The van der Waals surface area contributed by atoms with Crippen molar-refractivity contribution in [2.24, 2.45) is 0 Å². The molecule has 0 aliphatic carbocycles. The van der Waals surface area contributed by atoms with Gasteiger partial charge in [-0.3, -0.25) is 0 Å². The Balaban J connectivity index is 1.44. The van der Waals surface area contributed by atoms with Gasteiger partial charge >= 0.3 is 0 Å². The van der Waals surface area contributed by atoms with Crippen LogP contribution in [0.4, 0.5) is 13.2 Å². The van der Waals surface area contributed by atoms with Crippen molar-refractivity contribution in [1.29, 1.82) is 0 Å². The van der Waals surface area contributed by atoms with Crippen LogP contribution in [0.2, 0.25) is 0 Å². The second kappa shape index (κ2) is 9.03. The van der Waals surface area contributed by atoms with Gasteiger partial charge in [-0.2, -0.15) is 5.10 Å². The minimum atomic E-state index is -1.55. The minimum Gasteiger partial charge on any atom is -0.495 e. The van der Waals surface area contributed by atoms with Gasteiger partial charge < -0.3 is 14.4 Å². The van der Waals surface area contributed by atoms with E-state index in [1.54, 1.807) is 24.2 Å². The molecule has 1 aliphatic rings. The van der Waals surface area contributed by atoms with Crippen LogP contribution in [-0.2, 0) is 6.54 Å². The summed E-state index contributed by atoms with van der Waals surface area (Å²) in [5.41, 5.74) is 2.68. The average molecular weight is 481 g/mol. The molecule has 2 atom stereocenters. The molecule has 0 spiro atoms. The molecule has 4 aromatic rings. The number of nitrogens with zero attached hydrogens (tertiary/aromatic N) is 5. The third-order valence-electron chi connectivity index (χ3n) is 6.00. The molecule has 5 rings (SSSR count). The second-order valence-electron chi connectivity index (χ2n) is 8.37. The van der Waals surface area contributed by atoms with Gasteiger partial charge in [-0.05, 0) is 54.8 Å². The molecule has 3 heterocycles. The van der Waals surface area contributed by atoms with E-state index in [-0.39, 0.29) is 5.56 Å². The van der Waals surface area contributed by atoms with Gasteiger partial charge in [0.15, 0.2) is 23.3 Å². The number of aliphatic hydroxyl groups is 1. The summed E-state index contributed by atoms with van der Waals surface area (Å²) in [7, 11) is 1.59. The van der Waals surface area contributed by atoms with E-state index in [4.69, 9.17) is 4.74 Å². The fourth-order valence-corrected chi connectivity index (χ4v) is 4.29. The van der Waals surface area contributed by atoms with Gasteiger partial charge in [0.1, 0.15) is 11.6 Å². The van der Waals surface area contributed by atoms with Crippen molar-refractivity contribution < 1.29 is 23.0 Å². The molecule has 0 radical (unpaired) electrons. The molecule has 1 N–H and O–H groups in total. The van der Waals surface area contributed by atoms with E-state index in [0.717, 1.165) is 29.1 Å². The van der Waals surface area contributed by atoms with Crippen LogP contribution in [0.25, 0.3) is 17.8 Å². The molecule has 7 nitrogen and oxygen atoms in total. The number of imidazole rings is 1. The molecule has 0 amide bonds. The molecule has 0 fully saturated rings. The summed E-state index contributed by atoms with van der Waals surface area (Å²) in [6.45, 7) is 2.30. The maximum absolute atomic E-state index is 13.8. The predicted molar refractivity (Wildman–Crippen MR) is 123 cm³/mol. The lowest BCUT2D eigenvalue weighted by Crippen LogP contribution is -2.30. The number of halogens is 3. The highest BCUT2D eigenvalue weighted by Crippen LogP contribution is 2.34. The highest BCUT2D eigenvalue weighted by molar-refractivity contribution is 5.69. The van der Waals surface area contributed by atoms with Crippen molar-refractivity contribution in [1.82, 2.24) is 24.3 Å². The van der Waals surface area contributed by atoms with Crippen molar-refractivity contribution in [3.05, 3.63) is 88.8 Å². The fraction of sp³-hybridized carbons (Fsp3) is 0.240. The first-order chi connectivity index (χ1) is 16.8. The van der Waals surface area contributed by atoms with Gasteiger partial charge in [-0.25, -0.2) is 27.8 Å². The number of aliphatic hydroxyl groups excluding tert-OH is 1. The maximum Gasteiger partial charge on any atom is 0.194 e. The van der Waals surface area contributed by atoms with Crippen LogP contribution in [0.15, 0.2) is 42.9 Å². The van der Waals surface area contributed by atoms with Gasteiger partial charge in [-0.1, -0.05) is 12.1 Å². The molecular weight excluding hydrogens is 459 g/mol. The third kappa shape index (κ3) is 4.32. The van der Waals surface area contributed by atoms with Crippen LogP contribution < -0.4 is 4.74 Å². The Kier molecular flexibility index (Phi) is 5.89. The Morgan fingerprint density at radius 1 is 1.11 bits per heavy atom. The van der Waals surface area contributed by atoms with Crippen LogP contribution in [0, 0.1) is 24.4 Å². The minimum absolute atomic E-state index is 0.104. The fourth-order valence-electron chi connectivity index (χ4n) is 4.29. The first kappa shape index (κ1) is 22.9. The molecule has 1 aliphatic heterocycles. The molecule has 1 unspecified atom stereocenters. The second-order valence-corrected chi connectivity index (χ2v) is 8.37. The van der Waals surface area contributed by atoms with E-state index in [1.165, 1.54) is 0 Å². The van der Waals surface area contributed by atoms with Gasteiger partial charge in [0.05, 0.1) is 36.8 Å². The molecule has 10 heteroatoms. The summed E-state index contributed by atoms with van der Waals surface area (Å²) < 4.78 is 50.1. The van der Waals surface area contributed by atoms with Gasteiger partial charge in [-0.15, -0.1) is 0 Å². The monoisotopic (exact) mass is 481 g/mol. The molecule has 0 bridgehead atoms. The number of rotatable bonds is 5. The zero-order chi connectivity index (χ0) is 24.7. The van der Waals surface area contributed by atoms with Gasteiger partial charge in [0.2, 0.25) is 0 Å². The van der Waals surface area contributed by atoms with Gasteiger partial charge in [0.25, 0.3) is 0 Å². The SMILES string of the molecule is COc1cc(/C=C/c2nc3n(n2)CCC(O)[C@@H]3c2cc(F)c(F)c(F)c2)ccc1-n1cnc(C)c1. The van der Waals surface area contributed by atoms with E-state index in [0.29, 0.717) is 30.4 Å². The summed E-state index contributed by atoms with van der Waals surface area (Å²) in [6.07, 6.45) is 6.52. The average Bonchev–Trinajstić information content (AvgIpc) is 3.46. The number of hydrogen-bond acceptors (Lipinski definition) is 5. The van der Waals surface area contributed by atoms with E-state index >= 15 is 0 Å². The number of aromatic nitrogens is 5. The number of methoxy groups -OCH3 is 1. The molecule has 180 valence electrons. The topological polar surface area (TPSA) is 78.0 Å². The Morgan fingerprint density at radius 3 is 2.57 bits per heavy atom.